The number of tetrazole rings is 1. The first-order valence-electron chi connectivity index (χ1n) is 9.70. The van der Waals surface area contributed by atoms with Gasteiger partial charge in [0.1, 0.15) is 5.82 Å². The number of amides is 1. The van der Waals surface area contributed by atoms with Gasteiger partial charge in [-0.2, -0.15) is 5.21 Å². The van der Waals surface area contributed by atoms with Crippen LogP contribution in [0, 0.1) is 5.82 Å². The van der Waals surface area contributed by atoms with E-state index < -0.39 is 11.7 Å². The van der Waals surface area contributed by atoms with Crippen molar-refractivity contribution in [1.82, 2.24) is 25.6 Å². The second-order valence-electron chi connectivity index (χ2n) is 7.06. The third-order valence-corrected chi connectivity index (χ3v) is 5.84. The Balaban J connectivity index is 1.59. The van der Waals surface area contributed by atoms with E-state index in [1.807, 2.05) is 36.4 Å². The molecule has 0 saturated carbocycles. The quantitative estimate of drug-likeness (QED) is 0.306. The Morgan fingerprint density at radius 2 is 1.85 bits per heavy atom. The summed E-state index contributed by atoms with van der Waals surface area (Å²) in [5, 5.41) is 16.8. The number of hydrogen-bond acceptors (Lipinski definition) is 5. The summed E-state index contributed by atoms with van der Waals surface area (Å²) in [6, 6.07) is 18.9. The third-order valence-electron chi connectivity index (χ3n) is 4.98. The molecule has 0 aliphatic heterocycles. The van der Waals surface area contributed by atoms with Crippen LogP contribution in [-0.2, 0) is 0 Å². The van der Waals surface area contributed by atoms with Crippen molar-refractivity contribution in [3.63, 3.8) is 0 Å². The SMILES string of the molecule is O=C(Nc1ccc(-c2nn[nH]n2)cc1F)c1c(Cl)c(-c2ccccc2)nc2ccc(Br)cc12. The first-order chi connectivity index (χ1) is 16.0. The molecule has 0 unspecified atom stereocenters. The molecule has 2 aromatic heterocycles. The number of rotatable bonds is 4. The number of aromatic amines is 1. The Hall–Kier alpha value is -3.69. The third kappa shape index (κ3) is 4.08. The summed E-state index contributed by atoms with van der Waals surface area (Å²) in [5.74, 6) is -0.967. The van der Waals surface area contributed by atoms with Crippen LogP contribution in [0.4, 0.5) is 10.1 Å². The van der Waals surface area contributed by atoms with Crippen LogP contribution in [0.2, 0.25) is 5.02 Å². The molecule has 1 amide bonds. The lowest BCUT2D eigenvalue weighted by Crippen LogP contribution is -2.15. The summed E-state index contributed by atoms with van der Waals surface area (Å²) in [5.41, 5.74) is 2.41. The van der Waals surface area contributed by atoms with Gasteiger partial charge in [-0.15, -0.1) is 10.2 Å². The first kappa shape index (κ1) is 21.2. The number of halogens is 3. The standard InChI is InChI=1S/C23H13BrClFN6O/c24-14-7-9-17-15(11-14)19(20(25)21(27-17)12-4-2-1-3-5-12)23(33)28-18-8-6-13(10-16(18)26)22-29-31-32-30-22/h1-11H,(H,28,33)(H,29,30,31,32). The van der Waals surface area contributed by atoms with Crippen LogP contribution in [0.3, 0.4) is 0 Å². The van der Waals surface area contributed by atoms with Gasteiger partial charge in [0.05, 0.1) is 27.5 Å². The molecule has 0 aliphatic carbocycles. The van der Waals surface area contributed by atoms with E-state index in [2.05, 4.69) is 46.9 Å². The zero-order chi connectivity index (χ0) is 22.9. The fourth-order valence-electron chi connectivity index (χ4n) is 3.45. The summed E-state index contributed by atoms with van der Waals surface area (Å²) in [7, 11) is 0. The van der Waals surface area contributed by atoms with Crippen molar-refractivity contribution in [1.29, 1.82) is 0 Å². The van der Waals surface area contributed by atoms with Crippen molar-refractivity contribution in [2.45, 2.75) is 0 Å². The maximum Gasteiger partial charge on any atom is 0.258 e. The van der Waals surface area contributed by atoms with Gasteiger partial charge in [0.25, 0.3) is 5.91 Å². The van der Waals surface area contributed by atoms with Gasteiger partial charge >= 0.3 is 0 Å². The maximum absolute atomic E-state index is 14.8. The Kier molecular flexibility index (Phi) is 5.57. The fraction of sp³-hybridized carbons (Fsp3) is 0. The van der Waals surface area contributed by atoms with Crippen LogP contribution in [0.5, 0.6) is 0 Å². The highest BCUT2D eigenvalue weighted by atomic mass is 79.9. The molecule has 3 aromatic carbocycles. The molecule has 0 atom stereocenters. The lowest BCUT2D eigenvalue weighted by molar-refractivity contribution is 0.102. The van der Waals surface area contributed by atoms with Crippen LogP contribution < -0.4 is 5.32 Å². The fourth-order valence-corrected chi connectivity index (χ4v) is 4.15. The number of nitrogens with one attached hydrogen (secondary N) is 2. The molecule has 162 valence electrons. The van der Waals surface area contributed by atoms with Gasteiger partial charge < -0.3 is 5.32 Å². The van der Waals surface area contributed by atoms with E-state index in [9.17, 15) is 9.18 Å². The van der Waals surface area contributed by atoms with Crippen LogP contribution in [0.25, 0.3) is 33.5 Å². The van der Waals surface area contributed by atoms with Gasteiger partial charge in [0, 0.05) is 21.0 Å². The summed E-state index contributed by atoms with van der Waals surface area (Å²) in [6.45, 7) is 0. The molecule has 5 aromatic rings. The maximum atomic E-state index is 14.8. The monoisotopic (exact) mass is 522 g/mol. The zero-order valence-corrected chi connectivity index (χ0v) is 19.0. The van der Waals surface area contributed by atoms with Crippen molar-refractivity contribution >= 4 is 50.0 Å². The highest BCUT2D eigenvalue weighted by Gasteiger charge is 2.22. The van der Waals surface area contributed by atoms with Gasteiger partial charge in [-0.25, -0.2) is 9.37 Å². The van der Waals surface area contributed by atoms with E-state index >= 15 is 0 Å². The molecule has 0 spiro atoms. The van der Waals surface area contributed by atoms with Gasteiger partial charge in [-0.1, -0.05) is 57.9 Å². The number of pyridine rings is 1. The van der Waals surface area contributed by atoms with Gasteiger partial charge in [-0.05, 0) is 41.6 Å². The molecule has 5 rings (SSSR count). The van der Waals surface area contributed by atoms with Crippen LogP contribution in [0.15, 0.2) is 71.2 Å². The van der Waals surface area contributed by atoms with Crippen LogP contribution in [-0.4, -0.2) is 31.5 Å². The summed E-state index contributed by atoms with van der Waals surface area (Å²) < 4.78 is 15.5. The topological polar surface area (TPSA) is 96.5 Å². The molecule has 0 fully saturated rings. The Morgan fingerprint density at radius 3 is 2.58 bits per heavy atom. The number of fused-ring (bicyclic) bond motifs is 1. The van der Waals surface area contributed by atoms with Crippen molar-refractivity contribution < 1.29 is 9.18 Å². The van der Waals surface area contributed by atoms with Gasteiger partial charge in [0.2, 0.25) is 5.82 Å². The average molecular weight is 524 g/mol. The van der Waals surface area contributed by atoms with Gasteiger partial charge in [0.15, 0.2) is 0 Å². The number of nitrogens with zero attached hydrogens (tertiary/aromatic N) is 4. The van der Waals surface area contributed by atoms with Crippen molar-refractivity contribution in [2.75, 3.05) is 5.32 Å². The summed E-state index contributed by atoms with van der Waals surface area (Å²) in [4.78, 5) is 18.0. The second kappa shape index (κ2) is 8.68. The molecular weight excluding hydrogens is 511 g/mol. The lowest BCUT2D eigenvalue weighted by atomic mass is 10.0. The number of carbonyl (C=O) groups excluding carboxylic acids is 1. The Labute approximate surface area is 200 Å². The Morgan fingerprint density at radius 1 is 1.03 bits per heavy atom. The minimum absolute atomic E-state index is 0.00969. The zero-order valence-electron chi connectivity index (χ0n) is 16.7. The van der Waals surface area contributed by atoms with E-state index in [1.165, 1.54) is 12.1 Å². The van der Waals surface area contributed by atoms with E-state index in [1.54, 1.807) is 18.2 Å². The van der Waals surface area contributed by atoms with Crippen molar-refractivity contribution in [3.8, 4) is 22.6 Å². The van der Waals surface area contributed by atoms with E-state index in [0.29, 0.717) is 22.2 Å². The van der Waals surface area contributed by atoms with Crippen molar-refractivity contribution in [3.05, 3.63) is 87.6 Å². The molecule has 2 N–H and O–H groups in total. The number of carbonyl (C=O) groups is 1. The average Bonchev–Trinajstić information content (AvgIpc) is 3.35. The number of aromatic nitrogens is 5. The summed E-state index contributed by atoms with van der Waals surface area (Å²) in [6.07, 6.45) is 0. The molecular formula is C23H13BrClFN6O. The number of benzene rings is 3. The smallest absolute Gasteiger partial charge is 0.258 e. The number of hydrogen-bond donors (Lipinski definition) is 2. The predicted molar refractivity (Wildman–Crippen MR) is 127 cm³/mol. The molecule has 0 aliphatic rings. The van der Waals surface area contributed by atoms with E-state index in [0.717, 1.165) is 10.0 Å². The largest absolute Gasteiger partial charge is 0.319 e. The first-order valence-corrected chi connectivity index (χ1v) is 10.9. The second-order valence-corrected chi connectivity index (χ2v) is 8.35. The van der Waals surface area contributed by atoms with Crippen LogP contribution >= 0.6 is 27.5 Å². The lowest BCUT2D eigenvalue weighted by Gasteiger charge is -2.14. The minimum atomic E-state index is -0.649. The van der Waals surface area contributed by atoms with Crippen molar-refractivity contribution in [2.24, 2.45) is 0 Å². The normalized spacial score (nSPS) is 11.0. The molecule has 2 heterocycles. The number of anilines is 1. The molecule has 0 radical (unpaired) electrons. The van der Waals surface area contributed by atoms with E-state index in [4.69, 9.17) is 11.6 Å². The molecule has 7 nitrogen and oxygen atoms in total. The predicted octanol–water partition coefficient (Wildman–Crippen LogP) is 5.89. The summed E-state index contributed by atoms with van der Waals surface area (Å²) >= 11 is 10.1. The molecule has 33 heavy (non-hydrogen) atoms. The Bertz CT molecular complexity index is 1490. The van der Waals surface area contributed by atoms with Crippen LogP contribution in [0.1, 0.15) is 10.4 Å². The minimum Gasteiger partial charge on any atom is -0.319 e. The number of H-pyrrole nitrogens is 1. The molecule has 0 bridgehead atoms. The highest BCUT2D eigenvalue weighted by molar-refractivity contribution is 9.10. The molecule has 10 heteroatoms. The van der Waals surface area contributed by atoms with Gasteiger partial charge in [-0.3, -0.25) is 4.79 Å². The van der Waals surface area contributed by atoms with E-state index in [-0.39, 0.29) is 22.1 Å². The highest BCUT2D eigenvalue weighted by Crippen LogP contribution is 2.35. The molecule has 0 saturated heterocycles.